The largest absolute Gasteiger partial charge is 0.514 e. The van der Waals surface area contributed by atoms with Gasteiger partial charge in [-0.05, 0) is 71.6 Å². The van der Waals surface area contributed by atoms with Crippen LogP contribution >= 0.6 is 0 Å². The molecule has 0 bridgehead atoms. The molecule has 38 heavy (non-hydrogen) atoms. The second kappa shape index (κ2) is 16.3. The summed E-state index contributed by atoms with van der Waals surface area (Å²) < 4.78 is 35.8. The van der Waals surface area contributed by atoms with Crippen LogP contribution in [0.4, 0.5) is 14.4 Å². The monoisotopic (exact) mass is 541 g/mol. The lowest BCUT2D eigenvalue weighted by molar-refractivity contribution is -0.155. The summed E-state index contributed by atoms with van der Waals surface area (Å²) in [7, 11) is 0. The third kappa shape index (κ3) is 11.7. The van der Waals surface area contributed by atoms with Crippen LogP contribution in [0.2, 0.25) is 0 Å². The Hall–Kier alpha value is -3.54. The van der Waals surface area contributed by atoms with E-state index in [2.05, 4.69) is 0 Å². The Morgan fingerprint density at radius 1 is 0.737 bits per heavy atom. The van der Waals surface area contributed by atoms with Gasteiger partial charge in [0.2, 0.25) is 0 Å². The molecule has 0 amide bonds. The topological polar surface area (TPSA) is 159 Å². The van der Waals surface area contributed by atoms with E-state index in [0.717, 1.165) is 0 Å². The smallest absolute Gasteiger partial charge is 0.458 e. The number of rotatable bonds is 13. The molecule has 0 aromatic heterocycles. The van der Waals surface area contributed by atoms with Crippen molar-refractivity contribution in [1.29, 1.82) is 0 Å². The van der Waals surface area contributed by atoms with Gasteiger partial charge >= 0.3 is 24.4 Å². The zero-order valence-corrected chi connectivity index (χ0v) is 23.0. The average molecular weight is 542 g/mol. The third-order valence-corrected chi connectivity index (χ3v) is 5.41. The zero-order chi connectivity index (χ0) is 28.8. The molecule has 12 heteroatoms. The summed E-state index contributed by atoms with van der Waals surface area (Å²) in [5.74, 6) is -0.951. The number of ether oxygens (including phenoxy) is 7. The quantitative estimate of drug-likeness (QED) is 0.209. The average Bonchev–Trinajstić information content (AvgIpc) is 2.85. The molecule has 3 unspecified atom stereocenters. The van der Waals surface area contributed by atoms with Crippen LogP contribution < -0.4 is 15.2 Å². The third-order valence-electron chi connectivity index (χ3n) is 5.41. The Morgan fingerprint density at radius 2 is 1.26 bits per heavy atom. The summed E-state index contributed by atoms with van der Waals surface area (Å²) in [5.41, 5.74) is 6.50. The maximum atomic E-state index is 12.5. The maximum absolute atomic E-state index is 12.5. The van der Waals surface area contributed by atoms with Crippen LogP contribution in [0.15, 0.2) is 18.2 Å². The molecular weight excluding hydrogens is 502 g/mol. The number of nitrogens with two attached hydrogens (primary N) is 1. The SMILES string of the molecule is CCOC(=O)OC(C)C(C)OC(=O)[C@@H](N)Cc1ccc(OC(=O)O[C@@H](C)CC)c(OC(=O)OC(C)CC)c1. The standard InChI is InChI=1S/C26H39NO11/c1-8-15(4)33-25(30)37-21-12-11-19(14-22(21)38-26(31)34-16(5)9-2)13-20(27)23(28)35-17(6)18(7)36-24(29)32-10-3/h11-12,14-18,20H,8-10,13,27H2,1-7H3/t15-,16?,17?,18?,20-/m0/s1. The number of hydrogen-bond acceptors (Lipinski definition) is 12. The van der Waals surface area contributed by atoms with Gasteiger partial charge in [0.1, 0.15) is 30.5 Å². The van der Waals surface area contributed by atoms with Gasteiger partial charge in [-0.1, -0.05) is 19.9 Å². The summed E-state index contributed by atoms with van der Waals surface area (Å²) in [6.45, 7) is 12.0. The summed E-state index contributed by atoms with van der Waals surface area (Å²) in [6.07, 6.45) is -4.03. The minimum absolute atomic E-state index is 0.00691. The van der Waals surface area contributed by atoms with Crippen LogP contribution in [0, 0.1) is 0 Å². The second-order valence-electron chi connectivity index (χ2n) is 8.62. The lowest BCUT2D eigenvalue weighted by Crippen LogP contribution is -2.39. The molecule has 1 rings (SSSR count). The van der Waals surface area contributed by atoms with Crippen LogP contribution in [0.5, 0.6) is 11.5 Å². The fourth-order valence-electron chi connectivity index (χ4n) is 2.67. The van der Waals surface area contributed by atoms with Gasteiger partial charge in [0, 0.05) is 0 Å². The molecule has 5 atom stereocenters. The number of carbonyl (C=O) groups is 4. The van der Waals surface area contributed by atoms with E-state index in [-0.39, 0.29) is 30.6 Å². The van der Waals surface area contributed by atoms with Crippen LogP contribution in [-0.2, 0) is 34.9 Å². The molecule has 0 saturated carbocycles. The number of benzene rings is 1. The highest BCUT2D eigenvalue weighted by Gasteiger charge is 2.25. The van der Waals surface area contributed by atoms with Gasteiger partial charge in [0.15, 0.2) is 11.5 Å². The molecule has 1 aromatic rings. The van der Waals surface area contributed by atoms with Crippen LogP contribution in [0.3, 0.4) is 0 Å². The molecule has 0 fully saturated rings. The van der Waals surface area contributed by atoms with Crippen molar-refractivity contribution in [3.05, 3.63) is 23.8 Å². The Balaban J connectivity index is 2.96. The van der Waals surface area contributed by atoms with E-state index in [9.17, 15) is 19.2 Å². The minimum Gasteiger partial charge on any atom is -0.458 e. The highest BCUT2D eigenvalue weighted by Crippen LogP contribution is 2.30. The number of esters is 1. The van der Waals surface area contributed by atoms with Crippen molar-refractivity contribution in [3.63, 3.8) is 0 Å². The molecule has 0 saturated heterocycles. The number of carbonyl (C=O) groups excluding carboxylic acids is 4. The van der Waals surface area contributed by atoms with Crippen molar-refractivity contribution >= 4 is 24.4 Å². The van der Waals surface area contributed by atoms with Crippen molar-refractivity contribution in [2.45, 2.75) is 98.2 Å². The first-order chi connectivity index (χ1) is 17.9. The highest BCUT2D eigenvalue weighted by molar-refractivity contribution is 5.76. The fourth-order valence-corrected chi connectivity index (χ4v) is 2.67. The van der Waals surface area contributed by atoms with E-state index in [1.54, 1.807) is 40.7 Å². The summed E-state index contributed by atoms with van der Waals surface area (Å²) in [4.78, 5) is 48.3. The molecule has 2 N–H and O–H groups in total. The van der Waals surface area contributed by atoms with Crippen molar-refractivity contribution in [3.8, 4) is 11.5 Å². The Labute approximate surface area is 223 Å². The molecule has 12 nitrogen and oxygen atoms in total. The molecule has 214 valence electrons. The first kappa shape index (κ1) is 32.5. The molecule has 0 heterocycles. The van der Waals surface area contributed by atoms with E-state index in [0.29, 0.717) is 18.4 Å². The van der Waals surface area contributed by atoms with Crippen LogP contribution in [0.1, 0.15) is 66.9 Å². The normalized spacial score (nSPS) is 14.6. The van der Waals surface area contributed by atoms with E-state index in [4.69, 9.17) is 38.9 Å². The first-order valence-electron chi connectivity index (χ1n) is 12.6. The van der Waals surface area contributed by atoms with E-state index < -0.39 is 48.8 Å². The van der Waals surface area contributed by atoms with Gasteiger partial charge in [-0.2, -0.15) is 0 Å². The Bertz CT molecular complexity index is 936. The molecule has 0 spiro atoms. The van der Waals surface area contributed by atoms with E-state index >= 15 is 0 Å². The van der Waals surface area contributed by atoms with Crippen molar-refractivity contribution in [2.75, 3.05) is 6.61 Å². The molecule has 1 aromatic carbocycles. The summed E-state index contributed by atoms with van der Waals surface area (Å²) in [5, 5.41) is 0. The second-order valence-corrected chi connectivity index (χ2v) is 8.62. The van der Waals surface area contributed by atoms with Crippen molar-refractivity contribution in [1.82, 2.24) is 0 Å². The zero-order valence-electron chi connectivity index (χ0n) is 23.0. The van der Waals surface area contributed by atoms with Gasteiger partial charge in [-0.25, -0.2) is 14.4 Å². The fraction of sp³-hybridized carbons (Fsp3) is 0.615. The Morgan fingerprint density at radius 3 is 1.79 bits per heavy atom. The first-order valence-corrected chi connectivity index (χ1v) is 12.6. The molecule has 0 aliphatic heterocycles. The summed E-state index contributed by atoms with van der Waals surface area (Å²) in [6, 6.07) is 3.22. The van der Waals surface area contributed by atoms with Crippen LogP contribution in [0.25, 0.3) is 0 Å². The molecule has 0 aliphatic carbocycles. The summed E-state index contributed by atoms with van der Waals surface area (Å²) >= 11 is 0. The lowest BCUT2D eigenvalue weighted by Gasteiger charge is -2.22. The van der Waals surface area contributed by atoms with Crippen molar-refractivity contribution in [2.24, 2.45) is 5.73 Å². The van der Waals surface area contributed by atoms with E-state index in [1.807, 2.05) is 13.8 Å². The van der Waals surface area contributed by atoms with E-state index in [1.165, 1.54) is 12.1 Å². The van der Waals surface area contributed by atoms with Gasteiger partial charge in [-0.3, -0.25) is 4.79 Å². The number of hydrogen-bond donors (Lipinski definition) is 1. The minimum atomic E-state index is -1.10. The van der Waals surface area contributed by atoms with Crippen molar-refractivity contribution < 1.29 is 52.3 Å². The molecular formula is C26H39NO11. The van der Waals surface area contributed by atoms with Gasteiger partial charge < -0.3 is 38.9 Å². The van der Waals surface area contributed by atoms with Gasteiger partial charge in [0.25, 0.3) is 0 Å². The van der Waals surface area contributed by atoms with Gasteiger partial charge in [-0.15, -0.1) is 0 Å². The Kier molecular flexibility index (Phi) is 14.0. The highest BCUT2D eigenvalue weighted by atomic mass is 16.8. The lowest BCUT2D eigenvalue weighted by atomic mass is 10.1. The molecule has 0 aliphatic rings. The van der Waals surface area contributed by atoms with Gasteiger partial charge in [0.05, 0.1) is 6.61 Å². The molecule has 0 radical (unpaired) electrons. The predicted molar refractivity (Wildman–Crippen MR) is 135 cm³/mol. The van der Waals surface area contributed by atoms with Crippen LogP contribution in [-0.4, -0.2) is 61.5 Å². The maximum Gasteiger partial charge on any atom is 0.514 e. The predicted octanol–water partition coefficient (Wildman–Crippen LogP) is 4.68.